The Kier molecular flexibility index (Phi) is 39.1. The van der Waals surface area contributed by atoms with Gasteiger partial charge in [0.15, 0.2) is 6.29 Å². The van der Waals surface area contributed by atoms with Crippen LogP contribution in [0.3, 0.4) is 0 Å². The number of carboxylic acids is 2. The van der Waals surface area contributed by atoms with E-state index in [0.29, 0.717) is 56.9 Å². The molecule has 0 saturated carbocycles. The molecule has 0 aliphatic carbocycles. The van der Waals surface area contributed by atoms with Crippen molar-refractivity contribution in [1.82, 2.24) is 39.9 Å². The van der Waals surface area contributed by atoms with Gasteiger partial charge in [0, 0.05) is 24.4 Å². The van der Waals surface area contributed by atoms with Crippen LogP contribution in [0.5, 0.6) is 0 Å². The smallest absolute Gasteiger partial charge is 0.356 e. The maximum absolute atomic E-state index is 11.1. The summed E-state index contributed by atoms with van der Waals surface area (Å²) in [5.74, 6) is -2.36. The molecule has 19 aromatic heterocycles. The molecule has 19 rings (SSSR count). The maximum atomic E-state index is 11.1. The Labute approximate surface area is 757 Å². The van der Waals surface area contributed by atoms with E-state index in [2.05, 4.69) is 72.3 Å². The number of aliphatic carboxylic acids is 1. The lowest BCUT2D eigenvalue weighted by Gasteiger charge is -1.98. The molecule has 0 radical (unpaired) electrons. The Morgan fingerprint density at radius 1 is 0.387 bits per heavy atom. The van der Waals surface area contributed by atoms with E-state index in [4.69, 9.17) is 59.6 Å². The highest BCUT2D eigenvalue weighted by Gasteiger charge is 2.13. The zero-order valence-corrected chi connectivity index (χ0v) is 75.4. The quantitative estimate of drug-likeness (QED) is 0.0217. The number of pyridine rings is 8. The van der Waals surface area contributed by atoms with Crippen LogP contribution < -0.4 is 17.2 Å². The maximum Gasteiger partial charge on any atom is 0.356 e. The van der Waals surface area contributed by atoms with Gasteiger partial charge in [-0.3, -0.25) is 39.3 Å². The second-order valence-corrected chi connectivity index (χ2v) is 35.1. The van der Waals surface area contributed by atoms with Crippen molar-refractivity contribution in [3.05, 3.63) is 283 Å². The summed E-state index contributed by atoms with van der Waals surface area (Å²) < 4.78 is 22.7. The van der Waals surface area contributed by atoms with Crippen molar-refractivity contribution in [3.8, 4) is 6.07 Å². The molecule has 0 fully saturated rings. The fourth-order valence-corrected chi connectivity index (χ4v) is 18.0. The van der Waals surface area contributed by atoms with E-state index in [-0.39, 0.29) is 50.3 Å². The predicted octanol–water partition coefficient (Wildman–Crippen LogP) is 20.1. The number of nitrogen functional groups attached to an aromatic ring is 3. The number of nitrogens with two attached hydrogens (primary N) is 3. The number of methoxy groups -OCH3 is 3. The first-order valence-corrected chi connectivity index (χ1v) is 46.4. The molecule has 0 unspecified atom stereocenters. The number of carbonyl (C=O) groups is 6. The molecule has 19 aromatic rings. The Bertz CT molecular complexity index is 6600. The van der Waals surface area contributed by atoms with Crippen molar-refractivity contribution in [2.45, 2.75) is 44.8 Å². The number of aldehydes is 1. The predicted molar refractivity (Wildman–Crippen MR) is 507 cm³/mol. The third-order valence-corrected chi connectivity index (χ3v) is 26.0. The van der Waals surface area contributed by atoms with Crippen LogP contribution in [0.15, 0.2) is 223 Å². The van der Waals surface area contributed by atoms with E-state index in [0.717, 1.165) is 103 Å². The number of nitrogens with zero attached hydrogens (tertiary/aromatic N) is 9. The SMILES string of the molecule is COC(=O)Cc1ccc2sccc2n1.COC(=O)c1ccc2sccc2n1.COC(=O)c1sccc1N.ClCc1ccc2sccc2n1.N#CCc1ccc2sccc2n1.Nc1ccsc1C=O.Nc1ccsc1CO.O=C(O)Cc1ccc2sccc2n1.O=C(O)c1ccc2sccc2n1.OCCc1ccc2sccc2n1.OCc1ccc2sccc2n1. The molecule has 636 valence electrons. The summed E-state index contributed by atoms with van der Waals surface area (Å²) in [6, 6.07) is 52.9. The van der Waals surface area contributed by atoms with Crippen LogP contribution in [-0.4, -0.2) is 129 Å². The minimum Gasteiger partial charge on any atom is -0.481 e. The lowest BCUT2D eigenvalue weighted by Crippen LogP contribution is -2.05. The second kappa shape index (κ2) is 50.6. The fourth-order valence-electron chi connectivity index (χ4n) is 10.1. The van der Waals surface area contributed by atoms with Crippen molar-refractivity contribution in [1.29, 1.82) is 5.26 Å². The van der Waals surface area contributed by atoms with E-state index in [9.17, 15) is 28.8 Å². The summed E-state index contributed by atoms with van der Waals surface area (Å²) in [6.45, 7) is 0.248. The molecule has 0 aromatic carbocycles. The van der Waals surface area contributed by atoms with Crippen molar-refractivity contribution >= 4 is 271 Å². The normalized spacial score (nSPS) is 10.2. The third kappa shape index (κ3) is 29.7. The zero-order valence-electron chi connectivity index (χ0n) is 65.7. The molecular weight excluding hydrogens is 1810 g/mol. The van der Waals surface area contributed by atoms with Gasteiger partial charge in [-0.1, -0.05) is 0 Å². The number of carboxylic acid groups (broad SMARTS) is 2. The zero-order chi connectivity index (χ0) is 88.7. The molecule has 19 heterocycles. The van der Waals surface area contributed by atoms with Crippen LogP contribution in [0.1, 0.15) is 79.4 Å². The number of esters is 3. The van der Waals surface area contributed by atoms with Crippen LogP contribution in [0.4, 0.5) is 17.1 Å². The van der Waals surface area contributed by atoms with Gasteiger partial charge >= 0.3 is 29.8 Å². The second-order valence-electron chi connectivity index (χ2n) is 24.4. The first-order chi connectivity index (χ1) is 60.2. The summed E-state index contributed by atoms with van der Waals surface area (Å²) in [7, 11) is 4.06. The number of halogens is 1. The van der Waals surface area contributed by atoms with Gasteiger partial charge in [-0.2, -0.15) is 5.26 Å². The molecule has 124 heavy (non-hydrogen) atoms. The van der Waals surface area contributed by atoms with E-state index in [1.807, 2.05) is 158 Å². The van der Waals surface area contributed by atoms with Gasteiger partial charge in [0.1, 0.15) is 16.3 Å². The van der Waals surface area contributed by atoms with Crippen LogP contribution in [0, 0.1) is 11.3 Å². The molecule has 11 N–H and O–H groups in total. The van der Waals surface area contributed by atoms with E-state index < -0.39 is 17.9 Å². The van der Waals surface area contributed by atoms with Gasteiger partial charge in [0.2, 0.25) is 0 Å². The van der Waals surface area contributed by atoms with Gasteiger partial charge in [-0.25, -0.2) is 29.3 Å². The van der Waals surface area contributed by atoms with Crippen LogP contribution in [-0.2, 0) is 68.6 Å². The number of alkyl halides is 1. The Balaban J connectivity index is 0.000000155. The lowest BCUT2D eigenvalue weighted by molar-refractivity contribution is -0.140. The molecule has 38 heteroatoms. The number of hydrogen-bond donors (Lipinski definition) is 8. The third-order valence-electron chi connectivity index (χ3n) is 16.1. The lowest BCUT2D eigenvalue weighted by atomic mass is 10.2. The Morgan fingerprint density at radius 3 is 1.10 bits per heavy atom. The van der Waals surface area contributed by atoms with E-state index >= 15 is 0 Å². The van der Waals surface area contributed by atoms with E-state index in [1.165, 1.54) is 80.2 Å². The van der Waals surface area contributed by atoms with Crippen molar-refractivity contribution in [2.24, 2.45) is 0 Å². The highest BCUT2D eigenvalue weighted by molar-refractivity contribution is 7.19. The molecule has 0 bridgehead atoms. The molecule has 0 amide bonds. The summed E-state index contributed by atoms with van der Waals surface area (Å²) >= 11 is 22.9. The number of nitriles is 1. The monoisotopic (exact) mass is 1890 g/mol. The standard InChI is InChI=1S/C10H9NO2S.C9H6N2S.2C9H7NO2S.C9H9NOS.C8H6ClNS.C8H5NO2S.C8H7NOS.C6H7NO2S.C5H7NOS.C5H5NOS/c1-13-10(12)6-7-2-3-9-8(11-7)4-5-14-9;10-5-3-7-1-2-9-8(11-7)4-6-12-9;1-12-9(11)7-2-3-8-6(10-7)4-5-13-8;11-9(12)5-6-1-2-8-7(10-6)3-4-13-8;11-5-3-7-1-2-9-8(10-7)4-6-12-9;9-5-6-1-2-8-7(10-6)3-4-11-8;10-8(11)6-1-2-7-5(9-6)3-4-12-7;10-5-6-1-2-8-7(9-6)3-4-11-8;1-9-6(8)5-4(7)2-3-10-5;2*6-4-1-2-8-5(4)3-7/h2-5H,6H2,1H3;1-2,4,6H,3H2;2-5H,1H3;1-4H,5H2,(H,11,12);1-2,4,6,11H,3,5H2;1-4H,5H2;1-4H,(H,10,11);1-4,10H,5H2;2-3H,7H2,1H3;1-2,7H,3,6H2;1-3H,6H2. The fraction of sp³-hybridized carbons (Fsp3) is 0.128. The molecule has 0 atom stereocenters. The molecular formula is C86H75ClN12O14S11. The number of aliphatic hydroxyl groups excluding tert-OH is 3. The number of hydrogen-bond acceptors (Lipinski definition) is 35. The number of carbonyl (C=O) groups excluding carboxylic acids is 4. The number of ether oxygens (including phenoxy) is 3. The van der Waals surface area contributed by atoms with E-state index in [1.54, 1.807) is 138 Å². The van der Waals surface area contributed by atoms with Crippen molar-refractivity contribution in [2.75, 3.05) is 45.1 Å². The molecule has 0 saturated heterocycles. The number of fused-ring (bicyclic) bond motifs is 8. The van der Waals surface area contributed by atoms with Gasteiger partial charge in [-0.05, 0) is 223 Å². The highest BCUT2D eigenvalue weighted by atomic mass is 35.5. The minimum atomic E-state index is -0.983. The number of aliphatic hydroxyl groups is 3. The van der Waals surface area contributed by atoms with Gasteiger partial charge in [0.05, 0.1) is 197 Å². The average molecular weight is 1890 g/mol. The summed E-state index contributed by atoms with van der Waals surface area (Å²) in [4.78, 5) is 99.6. The Hall–Kier alpha value is -11.9. The molecule has 0 spiro atoms. The minimum absolute atomic E-state index is 0.00815. The van der Waals surface area contributed by atoms with Gasteiger partial charge < -0.3 is 56.9 Å². The first kappa shape index (κ1) is 95.9. The number of rotatable bonds is 14. The molecule has 0 aliphatic heterocycles. The highest BCUT2D eigenvalue weighted by Crippen LogP contribution is 2.27. The first-order valence-electron chi connectivity index (χ1n) is 36.2. The largest absolute Gasteiger partial charge is 0.481 e. The summed E-state index contributed by atoms with van der Waals surface area (Å²) in [6.07, 6.45) is 2.03. The average Bonchev–Trinajstić information content (AvgIpc) is 1.71. The van der Waals surface area contributed by atoms with Crippen LogP contribution in [0.25, 0.3) is 81.7 Å². The number of aromatic nitrogens is 8. The molecule has 26 nitrogen and oxygen atoms in total. The summed E-state index contributed by atoms with van der Waals surface area (Å²) in [5.41, 5.74) is 30.7. The van der Waals surface area contributed by atoms with Crippen LogP contribution >= 0.6 is 136 Å². The number of anilines is 3. The number of aromatic carboxylic acids is 1. The van der Waals surface area contributed by atoms with Crippen LogP contribution in [0.2, 0.25) is 0 Å². The van der Waals surface area contributed by atoms with Crippen molar-refractivity contribution in [3.63, 3.8) is 0 Å². The van der Waals surface area contributed by atoms with Crippen molar-refractivity contribution < 1.29 is 68.5 Å². The van der Waals surface area contributed by atoms with Gasteiger partial charge in [0.25, 0.3) is 0 Å². The topological polar surface area (TPSA) is 436 Å². The van der Waals surface area contributed by atoms with Gasteiger partial charge in [-0.15, -0.1) is 136 Å². The number of thiophene rings is 11. The molecule has 0 aliphatic rings. The Morgan fingerprint density at radius 2 is 0.742 bits per heavy atom. The summed E-state index contributed by atoms with van der Waals surface area (Å²) in [5, 5.41) is 72.9.